The molecule has 0 aliphatic carbocycles. The van der Waals surface area contributed by atoms with Crippen LogP contribution < -0.4 is 5.73 Å². The van der Waals surface area contributed by atoms with Crippen LogP contribution in [0.1, 0.15) is 12.0 Å². The summed E-state index contributed by atoms with van der Waals surface area (Å²) in [4.78, 5) is 0. The van der Waals surface area contributed by atoms with E-state index in [0.717, 1.165) is 26.1 Å². The van der Waals surface area contributed by atoms with E-state index in [1.807, 2.05) is 0 Å². The van der Waals surface area contributed by atoms with Crippen LogP contribution in [0.15, 0.2) is 24.3 Å². The minimum absolute atomic E-state index is 0.304. The molecule has 0 spiro atoms. The highest BCUT2D eigenvalue weighted by molar-refractivity contribution is 14.1. The predicted molar refractivity (Wildman–Crippen MR) is 69.8 cm³/mol. The highest BCUT2D eigenvalue weighted by Gasteiger charge is 2.22. The van der Waals surface area contributed by atoms with E-state index in [1.165, 1.54) is 9.13 Å². The van der Waals surface area contributed by atoms with Crippen molar-refractivity contribution in [2.24, 2.45) is 11.7 Å². The molecule has 0 aromatic heterocycles. The van der Waals surface area contributed by atoms with Crippen LogP contribution in [0, 0.1) is 9.49 Å². The van der Waals surface area contributed by atoms with Crippen LogP contribution in [0.5, 0.6) is 0 Å². The van der Waals surface area contributed by atoms with E-state index in [1.54, 1.807) is 0 Å². The Morgan fingerprint density at radius 3 is 2.73 bits per heavy atom. The summed E-state index contributed by atoms with van der Waals surface area (Å²) in [6.07, 6.45) is 2.03. The van der Waals surface area contributed by atoms with Crippen molar-refractivity contribution in [2.75, 3.05) is 13.2 Å². The molecule has 2 rings (SSSR count). The van der Waals surface area contributed by atoms with Gasteiger partial charge in [-0.05, 0) is 53.1 Å². The largest absolute Gasteiger partial charge is 0.381 e. The number of nitrogens with two attached hydrogens (primary N) is 1. The Labute approximate surface area is 104 Å². The quantitative estimate of drug-likeness (QED) is 0.849. The zero-order chi connectivity index (χ0) is 10.7. The van der Waals surface area contributed by atoms with E-state index in [2.05, 4.69) is 46.9 Å². The van der Waals surface area contributed by atoms with Crippen LogP contribution in [0.3, 0.4) is 0 Å². The van der Waals surface area contributed by atoms with Crippen LogP contribution in [-0.4, -0.2) is 19.3 Å². The third kappa shape index (κ3) is 3.16. The van der Waals surface area contributed by atoms with E-state index in [4.69, 9.17) is 10.5 Å². The van der Waals surface area contributed by atoms with E-state index in [-0.39, 0.29) is 0 Å². The molecule has 82 valence electrons. The monoisotopic (exact) mass is 317 g/mol. The highest BCUT2D eigenvalue weighted by Crippen LogP contribution is 2.18. The molecule has 3 heteroatoms. The van der Waals surface area contributed by atoms with Gasteiger partial charge in [0.25, 0.3) is 0 Å². The summed E-state index contributed by atoms with van der Waals surface area (Å²) >= 11 is 2.32. The Kier molecular flexibility index (Phi) is 3.99. The zero-order valence-electron chi connectivity index (χ0n) is 8.66. The lowest BCUT2D eigenvalue weighted by molar-refractivity contribution is 0.0422. The van der Waals surface area contributed by atoms with Gasteiger partial charge in [-0.1, -0.05) is 12.1 Å². The molecule has 1 aliphatic heterocycles. The number of ether oxygens (including phenoxy) is 1. The van der Waals surface area contributed by atoms with Gasteiger partial charge in [-0.15, -0.1) is 0 Å². The van der Waals surface area contributed by atoms with Gasteiger partial charge in [0.15, 0.2) is 0 Å². The minimum atomic E-state index is 0.304. The number of rotatable bonds is 2. The average Bonchev–Trinajstić information content (AvgIpc) is 2.25. The van der Waals surface area contributed by atoms with Gasteiger partial charge in [0.1, 0.15) is 0 Å². The molecule has 1 aliphatic rings. The first kappa shape index (κ1) is 11.4. The molecular formula is C12H16INO. The molecule has 2 N–H and O–H groups in total. The number of hydrogen-bond donors (Lipinski definition) is 1. The molecule has 0 saturated carbocycles. The van der Waals surface area contributed by atoms with Crippen molar-refractivity contribution >= 4 is 22.6 Å². The first-order chi connectivity index (χ1) is 7.25. The number of hydrogen-bond acceptors (Lipinski definition) is 2. The van der Waals surface area contributed by atoms with Gasteiger partial charge in [-0.3, -0.25) is 0 Å². The van der Waals surface area contributed by atoms with Crippen molar-refractivity contribution in [3.63, 3.8) is 0 Å². The Morgan fingerprint density at radius 1 is 1.33 bits per heavy atom. The minimum Gasteiger partial charge on any atom is -0.381 e. The summed E-state index contributed by atoms with van der Waals surface area (Å²) in [6.45, 7) is 1.64. The van der Waals surface area contributed by atoms with Gasteiger partial charge in [0.2, 0.25) is 0 Å². The van der Waals surface area contributed by atoms with Crippen molar-refractivity contribution in [3.05, 3.63) is 33.4 Å². The molecule has 1 heterocycles. The number of benzene rings is 1. The highest BCUT2D eigenvalue weighted by atomic mass is 127. The van der Waals surface area contributed by atoms with Crippen molar-refractivity contribution in [3.8, 4) is 0 Å². The van der Waals surface area contributed by atoms with Crippen LogP contribution in [0.25, 0.3) is 0 Å². The first-order valence-electron chi connectivity index (χ1n) is 5.33. The summed E-state index contributed by atoms with van der Waals surface area (Å²) < 4.78 is 6.75. The molecule has 0 radical (unpaired) electrons. The van der Waals surface area contributed by atoms with Crippen LogP contribution in [0.2, 0.25) is 0 Å². The second kappa shape index (κ2) is 5.27. The van der Waals surface area contributed by atoms with Gasteiger partial charge < -0.3 is 10.5 Å². The SMILES string of the molecule is NC1CCOCC1Cc1ccc(I)cc1. The maximum absolute atomic E-state index is 6.08. The maximum atomic E-state index is 6.08. The zero-order valence-corrected chi connectivity index (χ0v) is 10.8. The Bertz CT molecular complexity index is 312. The fourth-order valence-corrected chi connectivity index (χ4v) is 2.31. The van der Waals surface area contributed by atoms with Gasteiger partial charge in [-0.2, -0.15) is 0 Å². The summed E-state index contributed by atoms with van der Waals surface area (Å²) in [5.74, 6) is 0.485. The second-order valence-electron chi connectivity index (χ2n) is 4.12. The molecule has 15 heavy (non-hydrogen) atoms. The van der Waals surface area contributed by atoms with E-state index in [9.17, 15) is 0 Å². The molecule has 1 saturated heterocycles. The van der Waals surface area contributed by atoms with E-state index in [0.29, 0.717) is 12.0 Å². The van der Waals surface area contributed by atoms with Crippen molar-refractivity contribution < 1.29 is 4.74 Å². The smallest absolute Gasteiger partial charge is 0.0512 e. The first-order valence-corrected chi connectivity index (χ1v) is 6.41. The molecule has 1 aromatic rings. The standard InChI is InChI=1S/C12H16INO/c13-11-3-1-9(2-4-11)7-10-8-15-6-5-12(10)14/h1-4,10,12H,5-8,14H2. The molecular weight excluding hydrogens is 301 g/mol. The average molecular weight is 317 g/mol. The fourth-order valence-electron chi connectivity index (χ4n) is 1.95. The maximum Gasteiger partial charge on any atom is 0.0512 e. The van der Waals surface area contributed by atoms with Gasteiger partial charge in [0, 0.05) is 22.1 Å². The predicted octanol–water partition coefficient (Wildman–Crippen LogP) is 2.20. The molecule has 1 aromatic carbocycles. The normalized spacial score (nSPS) is 26.5. The molecule has 0 bridgehead atoms. The van der Waals surface area contributed by atoms with Crippen LogP contribution in [-0.2, 0) is 11.2 Å². The lowest BCUT2D eigenvalue weighted by atomic mass is 9.90. The van der Waals surface area contributed by atoms with Gasteiger partial charge >= 0.3 is 0 Å². The van der Waals surface area contributed by atoms with Gasteiger partial charge in [0.05, 0.1) is 6.61 Å². The van der Waals surface area contributed by atoms with E-state index < -0.39 is 0 Å². The van der Waals surface area contributed by atoms with Crippen LogP contribution >= 0.6 is 22.6 Å². The van der Waals surface area contributed by atoms with Crippen molar-refractivity contribution in [1.82, 2.24) is 0 Å². The van der Waals surface area contributed by atoms with E-state index >= 15 is 0 Å². The Hall–Kier alpha value is -0.130. The molecule has 1 fully saturated rings. The third-order valence-corrected chi connectivity index (χ3v) is 3.66. The van der Waals surface area contributed by atoms with Crippen molar-refractivity contribution in [1.29, 1.82) is 0 Å². The summed E-state index contributed by atoms with van der Waals surface area (Å²) in [7, 11) is 0. The number of halogens is 1. The van der Waals surface area contributed by atoms with Crippen LogP contribution in [0.4, 0.5) is 0 Å². The summed E-state index contributed by atoms with van der Waals surface area (Å²) in [5, 5.41) is 0. The Morgan fingerprint density at radius 2 is 2.07 bits per heavy atom. The summed E-state index contributed by atoms with van der Waals surface area (Å²) in [6, 6.07) is 8.96. The Balaban J connectivity index is 1.98. The molecule has 2 unspecified atom stereocenters. The molecule has 2 atom stereocenters. The molecule has 2 nitrogen and oxygen atoms in total. The van der Waals surface area contributed by atoms with Crippen molar-refractivity contribution in [2.45, 2.75) is 18.9 Å². The lowest BCUT2D eigenvalue weighted by Crippen LogP contribution is -2.39. The summed E-state index contributed by atoms with van der Waals surface area (Å²) in [5.41, 5.74) is 7.44. The third-order valence-electron chi connectivity index (χ3n) is 2.94. The van der Waals surface area contributed by atoms with Gasteiger partial charge in [-0.25, -0.2) is 0 Å². The molecule has 0 amide bonds. The second-order valence-corrected chi connectivity index (χ2v) is 5.36. The topological polar surface area (TPSA) is 35.2 Å². The lowest BCUT2D eigenvalue weighted by Gasteiger charge is -2.28. The fraction of sp³-hybridized carbons (Fsp3) is 0.500.